The molecule has 0 amide bonds. The van der Waals surface area contributed by atoms with E-state index in [4.69, 9.17) is 0 Å². The van der Waals surface area contributed by atoms with Crippen molar-refractivity contribution in [3.8, 4) is 0 Å². The number of aromatic nitrogens is 2. The smallest absolute Gasteiger partial charge is 0.141 e. The summed E-state index contributed by atoms with van der Waals surface area (Å²) in [5, 5.41) is 4.72. The molecule has 1 fully saturated rings. The molecular formula is C16H24N4S. The molecule has 4 nitrogen and oxygen atoms in total. The van der Waals surface area contributed by atoms with E-state index in [0.717, 1.165) is 23.7 Å². The Kier molecular flexibility index (Phi) is 4.40. The Balaban J connectivity index is 1.91. The van der Waals surface area contributed by atoms with E-state index in [9.17, 15) is 0 Å². The molecule has 5 heteroatoms. The van der Waals surface area contributed by atoms with Gasteiger partial charge in [-0.1, -0.05) is 0 Å². The molecule has 1 N–H and O–H groups in total. The number of nitrogens with one attached hydrogen (secondary N) is 1. The lowest BCUT2D eigenvalue weighted by atomic mass is 9.98. The van der Waals surface area contributed by atoms with Gasteiger partial charge in [-0.15, -0.1) is 11.3 Å². The van der Waals surface area contributed by atoms with Crippen LogP contribution in [-0.4, -0.2) is 35.6 Å². The Morgan fingerprint density at radius 1 is 1.43 bits per heavy atom. The van der Waals surface area contributed by atoms with E-state index < -0.39 is 0 Å². The van der Waals surface area contributed by atoms with E-state index >= 15 is 0 Å². The fourth-order valence-electron chi connectivity index (χ4n) is 3.09. The van der Waals surface area contributed by atoms with Gasteiger partial charge in [-0.2, -0.15) is 0 Å². The van der Waals surface area contributed by atoms with Crippen molar-refractivity contribution < 1.29 is 0 Å². The van der Waals surface area contributed by atoms with Crippen molar-refractivity contribution in [1.29, 1.82) is 0 Å². The van der Waals surface area contributed by atoms with Crippen molar-refractivity contribution in [3.05, 3.63) is 17.3 Å². The third-order valence-corrected chi connectivity index (χ3v) is 5.14. The van der Waals surface area contributed by atoms with Gasteiger partial charge in [-0.05, 0) is 58.7 Å². The maximum Gasteiger partial charge on any atom is 0.141 e. The highest BCUT2D eigenvalue weighted by atomic mass is 32.1. The minimum Gasteiger partial charge on any atom is -0.353 e. The zero-order valence-corrected chi connectivity index (χ0v) is 13.9. The summed E-state index contributed by atoms with van der Waals surface area (Å²) in [5.74, 6) is 1.82. The molecule has 1 aliphatic rings. The van der Waals surface area contributed by atoms with Crippen LogP contribution in [0.4, 0.5) is 5.82 Å². The summed E-state index contributed by atoms with van der Waals surface area (Å²) >= 11 is 1.75. The first kappa shape index (κ1) is 14.7. The molecule has 2 aromatic heterocycles. The maximum atomic E-state index is 4.61. The topological polar surface area (TPSA) is 41.0 Å². The largest absolute Gasteiger partial charge is 0.353 e. The number of thiophene rings is 1. The lowest BCUT2D eigenvalue weighted by Crippen LogP contribution is -2.41. The first-order valence-electron chi connectivity index (χ1n) is 7.83. The lowest BCUT2D eigenvalue weighted by molar-refractivity contribution is 0.370. The second-order valence-corrected chi connectivity index (χ2v) is 7.47. The number of piperidine rings is 1. The number of nitrogens with zero attached hydrogens (tertiary/aromatic N) is 3. The molecule has 0 bridgehead atoms. The second kappa shape index (κ2) is 6.28. The Morgan fingerprint density at radius 2 is 2.29 bits per heavy atom. The Hall–Kier alpha value is -1.20. The predicted molar refractivity (Wildman–Crippen MR) is 90.2 cm³/mol. The van der Waals surface area contributed by atoms with Crippen LogP contribution in [0.2, 0.25) is 0 Å². The van der Waals surface area contributed by atoms with Crippen LogP contribution in [0.1, 0.15) is 31.6 Å². The number of fused-ring (bicyclic) bond motifs is 1. The van der Waals surface area contributed by atoms with Crippen molar-refractivity contribution in [1.82, 2.24) is 15.3 Å². The standard InChI is InChI=1S/C16H24N4S/c1-11(2)20(9-13-5-4-6-17-8-13)15-14-7-12(3)21-16(14)19-10-18-15/h7,10-11,13,17H,4-6,8-9H2,1-3H3. The number of rotatable bonds is 4. The zero-order chi connectivity index (χ0) is 14.8. The highest BCUT2D eigenvalue weighted by Crippen LogP contribution is 2.31. The molecule has 0 aromatic carbocycles. The molecule has 1 unspecified atom stereocenters. The summed E-state index contributed by atoms with van der Waals surface area (Å²) in [7, 11) is 0. The Bertz CT molecular complexity index is 601. The summed E-state index contributed by atoms with van der Waals surface area (Å²) < 4.78 is 0. The van der Waals surface area contributed by atoms with Gasteiger partial charge in [0, 0.05) is 17.5 Å². The molecule has 114 valence electrons. The van der Waals surface area contributed by atoms with Crippen molar-refractivity contribution in [2.45, 2.75) is 39.7 Å². The van der Waals surface area contributed by atoms with Gasteiger partial charge in [-0.25, -0.2) is 9.97 Å². The monoisotopic (exact) mass is 304 g/mol. The Labute approximate surface area is 130 Å². The molecule has 2 aromatic rings. The summed E-state index contributed by atoms with van der Waals surface area (Å²) in [6.07, 6.45) is 4.31. The van der Waals surface area contributed by atoms with Gasteiger partial charge in [0.05, 0.1) is 5.39 Å². The highest BCUT2D eigenvalue weighted by molar-refractivity contribution is 7.18. The SMILES string of the molecule is Cc1cc2c(N(CC3CCCNC3)C(C)C)ncnc2s1. The third-order valence-electron chi connectivity index (χ3n) is 4.18. The van der Waals surface area contributed by atoms with Crippen LogP contribution in [0.3, 0.4) is 0 Å². The fourth-order valence-corrected chi connectivity index (χ4v) is 3.93. The zero-order valence-electron chi connectivity index (χ0n) is 13.1. The molecule has 0 spiro atoms. The average molecular weight is 304 g/mol. The van der Waals surface area contributed by atoms with Crippen LogP contribution in [0.15, 0.2) is 12.4 Å². The van der Waals surface area contributed by atoms with Crippen molar-refractivity contribution >= 4 is 27.4 Å². The number of aryl methyl sites for hydroxylation is 1. The van der Waals surface area contributed by atoms with Gasteiger partial charge in [0.15, 0.2) is 0 Å². The van der Waals surface area contributed by atoms with Gasteiger partial charge in [0.25, 0.3) is 0 Å². The second-order valence-electron chi connectivity index (χ2n) is 6.23. The van der Waals surface area contributed by atoms with Gasteiger partial charge in [0.2, 0.25) is 0 Å². The molecule has 0 aliphatic carbocycles. The normalized spacial score (nSPS) is 19.3. The predicted octanol–water partition coefficient (Wildman–Crippen LogP) is 3.21. The first-order valence-corrected chi connectivity index (χ1v) is 8.65. The maximum absolute atomic E-state index is 4.61. The van der Waals surface area contributed by atoms with Crippen LogP contribution in [0.5, 0.6) is 0 Å². The minimum absolute atomic E-state index is 0.449. The van der Waals surface area contributed by atoms with Gasteiger partial charge in [0.1, 0.15) is 17.0 Å². The molecule has 1 atom stereocenters. The summed E-state index contributed by atoms with van der Waals surface area (Å²) in [5.41, 5.74) is 0. The van der Waals surface area contributed by atoms with Crippen LogP contribution in [0.25, 0.3) is 10.2 Å². The lowest BCUT2D eigenvalue weighted by Gasteiger charge is -2.34. The number of hydrogen-bond acceptors (Lipinski definition) is 5. The first-order chi connectivity index (χ1) is 10.1. The molecule has 1 saturated heterocycles. The van der Waals surface area contributed by atoms with E-state index in [2.05, 4.69) is 47.0 Å². The van der Waals surface area contributed by atoms with Gasteiger partial charge >= 0.3 is 0 Å². The van der Waals surface area contributed by atoms with E-state index in [1.165, 1.54) is 29.6 Å². The molecule has 0 radical (unpaired) electrons. The summed E-state index contributed by atoms with van der Waals surface area (Å²) in [6.45, 7) is 10.0. The van der Waals surface area contributed by atoms with Crippen LogP contribution >= 0.6 is 11.3 Å². The van der Waals surface area contributed by atoms with Crippen molar-refractivity contribution in [2.75, 3.05) is 24.5 Å². The summed E-state index contributed by atoms with van der Waals surface area (Å²) in [4.78, 5) is 13.9. The fraction of sp³-hybridized carbons (Fsp3) is 0.625. The van der Waals surface area contributed by atoms with E-state index in [0.29, 0.717) is 12.0 Å². The Morgan fingerprint density at radius 3 is 3.00 bits per heavy atom. The van der Waals surface area contributed by atoms with Crippen LogP contribution < -0.4 is 10.2 Å². The van der Waals surface area contributed by atoms with Crippen LogP contribution in [-0.2, 0) is 0 Å². The van der Waals surface area contributed by atoms with E-state index in [1.807, 2.05) is 0 Å². The minimum atomic E-state index is 0.449. The quantitative estimate of drug-likeness (QED) is 0.941. The van der Waals surface area contributed by atoms with Gasteiger partial charge in [-0.3, -0.25) is 0 Å². The van der Waals surface area contributed by atoms with E-state index in [-0.39, 0.29) is 0 Å². The molecular weight excluding hydrogens is 280 g/mol. The highest BCUT2D eigenvalue weighted by Gasteiger charge is 2.22. The number of hydrogen-bond donors (Lipinski definition) is 1. The average Bonchev–Trinajstić information content (AvgIpc) is 2.86. The van der Waals surface area contributed by atoms with Gasteiger partial charge < -0.3 is 10.2 Å². The van der Waals surface area contributed by atoms with Crippen LogP contribution in [0, 0.1) is 12.8 Å². The van der Waals surface area contributed by atoms with E-state index in [1.54, 1.807) is 17.7 Å². The molecule has 21 heavy (non-hydrogen) atoms. The van der Waals surface area contributed by atoms with Crippen molar-refractivity contribution in [2.24, 2.45) is 5.92 Å². The molecule has 0 saturated carbocycles. The summed E-state index contributed by atoms with van der Waals surface area (Å²) in [6, 6.07) is 2.68. The molecule has 3 heterocycles. The molecule has 1 aliphatic heterocycles. The van der Waals surface area contributed by atoms with Crippen molar-refractivity contribution in [3.63, 3.8) is 0 Å². The number of anilines is 1. The third kappa shape index (κ3) is 3.19. The molecule has 3 rings (SSSR count).